The van der Waals surface area contributed by atoms with Crippen LogP contribution in [0.2, 0.25) is 0 Å². The molecule has 0 saturated carbocycles. The maximum atomic E-state index is 5.43. The van der Waals surface area contributed by atoms with E-state index in [-0.39, 0.29) is 0 Å². The van der Waals surface area contributed by atoms with Crippen LogP contribution in [-0.4, -0.2) is 51.0 Å². The average Bonchev–Trinajstić information content (AvgIpc) is 3.48. The van der Waals surface area contributed by atoms with E-state index in [1.165, 1.54) is 0 Å². The molecule has 136 valence electrons. The number of anilines is 1. The number of ether oxygens (including phenoxy) is 1. The zero-order chi connectivity index (χ0) is 18.1. The molecule has 8 heteroatoms. The Morgan fingerprint density at radius 2 is 1.89 bits per heavy atom. The number of nitrogens with one attached hydrogen (secondary N) is 1. The van der Waals surface area contributed by atoms with E-state index in [2.05, 4.69) is 41.8 Å². The molecule has 3 aromatic heterocycles. The number of H-pyrrole nitrogens is 1. The molecule has 1 N–H and O–H groups in total. The van der Waals surface area contributed by atoms with Crippen molar-refractivity contribution < 1.29 is 4.74 Å². The van der Waals surface area contributed by atoms with Crippen molar-refractivity contribution in [3.05, 3.63) is 55.1 Å². The monoisotopic (exact) mass is 378 g/mol. The minimum Gasteiger partial charge on any atom is -0.378 e. The van der Waals surface area contributed by atoms with E-state index in [0.29, 0.717) is 0 Å². The number of morpholine rings is 1. The van der Waals surface area contributed by atoms with Gasteiger partial charge in [-0.3, -0.25) is 9.67 Å². The Kier molecular flexibility index (Phi) is 4.19. The van der Waals surface area contributed by atoms with Crippen molar-refractivity contribution in [2.75, 3.05) is 31.2 Å². The first-order chi connectivity index (χ1) is 13.4. The molecule has 0 bridgehead atoms. The third-order valence-electron chi connectivity index (χ3n) is 4.58. The molecule has 0 spiro atoms. The Morgan fingerprint density at radius 3 is 2.74 bits per heavy atom. The first kappa shape index (κ1) is 16.2. The summed E-state index contributed by atoms with van der Waals surface area (Å²) in [7, 11) is 0. The van der Waals surface area contributed by atoms with Crippen LogP contribution in [0.1, 0.15) is 0 Å². The van der Waals surface area contributed by atoms with Gasteiger partial charge >= 0.3 is 0 Å². The van der Waals surface area contributed by atoms with Gasteiger partial charge in [0, 0.05) is 31.0 Å². The predicted octanol–water partition coefficient (Wildman–Crippen LogP) is 3.22. The van der Waals surface area contributed by atoms with Crippen LogP contribution in [-0.2, 0) is 4.74 Å². The number of thiazole rings is 1. The average molecular weight is 378 g/mol. The number of hydrogen-bond donors (Lipinski definition) is 1. The van der Waals surface area contributed by atoms with E-state index in [1.807, 2.05) is 43.0 Å². The number of benzene rings is 1. The molecule has 0 radical (unpaired) electrons. The van der Waals surface area contributed by atoms with Crippen molar-refractivity contribution in [2.45, 2.75) is 0 Å². The summed E-state index contributed by atoms with van der Waals surface area (Å²) in [4.78, 5) is 12.5. The molecule has 1 aromatic carbocycles. The Morgan fingerprint density at radius 1 is 1.04 bits per heavy atom. The van der Waals surface area contributed by atoms with Crippen LogP contribution in [0, 0.1) is 0 Å². The Balaban J connectivity index is 1.51. The zero-order valence-corrected chi connectivity index (χ0v) is 15.4. The number of imidazole rings is 1. The Hall–Kier alpha value is -2.97. The van der Waals surface area contributed by atoms with Crippen molar-refractivity contribution in [2.24, 2.45) is 0 Å². The highest BCUT2D eigenvalue weighted by atomic mass is 32.1. The lowest BCUT2D eigenvalue weighted by molar-refractivity contribution is 0.122. The van der Waals surface area contributed by atoms with Crippen molar-refractivity contribution in [3.63, 3.8) is 0 Å². The molecule has 0 unspecified atom stereocenters. The summed E-state index contributed by atoms with van der Waals surface area (Å²) >= 11 is 1.66. The maximum Gasteiger partial charge on any atom is 0.186 e. The summed E-state index contributed by atoms with van der Waals surface area (Å²) in [5.41, 5.74) is 3.02. The lowest BCUT2D eigenvalue weighted by atomic mass is 10.1. The number of hydrogen-bond acceptors (Lipinski definition) is 6. The van der Waals surface area contributed by atoms with Crippen LogP contribution in [0.4, 0.5) is 5.13 Å². The fourth-order valence-corrected chi connectivity index (χ4v) is 4.19. The largest absolute Gasteiger partial charge is 0.378 e. The molecule has 4 aromatic rings. The minimum absolute atomic E-state index is 0.749. The summed E-state index contributed by atoms with van der Waals surface area (Å²) < 4.78 is 7.49. The van der Waals surface area contributed by atoms with Gasteiger partial charge in [-0.05, 0) is 0 Å². The predicted molar refractivity (Wildman–Crippen MR) is 105 cm³/mol. The fraction of sp³-hybridized carbons (Fsp3) is 0.211. The molecular formula is C19H18N6OS. The molecule has 1 aliphatic rings. The molecule has 0 aliphatic carbocycles. The molecule has 4 heterocycles. The van der Waals surface area contributed by atoms with Crippen molar-refractivity contribution >= 4 is 16.5 Å². The van der Waals surface area contributed by atoms with E-state index >= 15 is 0 Å². The van der Waals surface area contributed by atoms with Gasteiger partial charge in [-0.25, -0.2) is 9.97 Å². The van der Waals surface area contributed by atoms with Gasteiger partial charge in [0.15, 0.2) is 11.0 Å². The Bertz CT molecular complexity index is 1030. The van der Waals surface area contributed by atoms with Crippen molar-refractivity contribution in [1.29, 1.82) is 0 Å². The van der Waals surface area contributed by atoms with Gasteiger partial charge in [0.1, 0.15) is 0 Å². The van der Waals surface area contributed by atoms with Crippen molar-refractivity contribution in [3.8, 4) is 27.6 Å². The minimum atomic E-state index is 0.749. The second-order valence-corrected chi connectivity index (χ2v) is 7.23. The quantitative estimate of drug-likeness (QED) is 0.590. The summed E-state index contributed by atoms with van der Waals surface area (Å²) in [5, 5.41) is 8.39. The summed E-state index contributed by atoms with van der Waals surface area (Å²) in [6, 6.07) is 10.2. The van der Waals surface area contributed by atoms with E-state index in [4.69, 9.17) is 4.74 Å². The molecule has 1 saturated heterocycles. The molecule has 0 atom stereocenters. The van der Waals surface area contributed by atoms with Gasteiger partial charge in [0.25, 0.3) is 0 Å². The first-order valence-electron chi connectivity index (χ1n) is 8.81. The summed E-state index contributed by atoms with van der Waals surface area (Å²) in [6.07, 6.45) is 7.50. The van der Waals surface area contributed by atoms with E-state index in [0.717, 1.165) is 59.1 Å². The smallest absolute Gasteiger partial charge is 0.186 e. The highest BCUT2D eigenvalue weighted by Gasteiger charge is 2.19. The molecule has 0 amide bonds. The highest BCUT2D eigenvalue weighted by Crippen LogP contribution is 2.33. The van der Waals surface area contributed by atoms with Crippen LogP contribution in [0.25, 0.3) is 27.6 Å². The number of aromatic amines is 1. The van der Waals surface area contributed by atoms with Crippen LogP contribution in [0.5, 0.6) is 0 Å². The van der Waals surface area contributed by atoms with E-state index in [9.17, 15) is 0 Å². The Labute approximate surface area is 160 Å². The van der Waals surface area contributed by atoms with E-state index in [1.54, 1.807) is 11.3 Å². The standard InChI is InChI=1S/C19H18N6OS/c1-2-4-14(5-3-1)17-15(12-22-23-17)25-7-6-20-18(25)16-13-21-19(27-16)24-8-10-26-11-9-24/h1-7,12-13H,8-11H2,(H,22,23). The normalized spacial score (nSPS) is 14.6. The lowest BCUT2D eigenvalue weighted by Crippen LogP contribution is -2.36. The van der Waals surface area contributed by atoms with Crippen LogP contribution >= 0.6 is 11.3 Å². The molecular weight excluding hydrogens is 360 g/mol. The van der Waals surface area contributed by atoms with Gasteiger partial charge in [0.05, 0.1) is 41.9 Å². The highest BCUT2D eigenvalue weighted by molar-refractivity contribution is 7.18. The van der Waals surface area contributed by atoms with Crippen LogP contribution in [0.3, 0.4) is 0 Å². The first-order valence-corrected chi connectivity index (χ1v) is 9.63. The van der Waals surface area contributed by atoms with Gasteiger partial charge in [-0.15, -0.1) is 0 Å². The maximum absolute atomic E-state index is 5.43. The molecule has 5 rings (SSSR count). The molecule has 1 aliphatic heterocycles. The second-order valence-electron chi connectivity index (χ2n) is 6.22. The van der Waals surface area contributed by atoms with Crippen molar-refractivity contribution in [1.82, 2.24) is 24.7 Å². The molecule has 1 fully saturated rings. The van der Waals surface area contributed by atoms with Gasteiger partial charge in [-0.1, -0.05) is 41.7 Å². The lowest BCUT2D eigenvalue weighted by Gasteiger charge is -2.25. The molecule has 7 nitrogen and oxygen atoms in total. The topological polar surface area (TPSA) is 71.9 Å². The zero-order valence-electron chi connectivity index (χ0n) is 14.6. The van der Waals surface area contributed by atoms with Gasteiger partial charge < -0.3 is 9.64 Å². The SMILES string of the molecule is c1ccc(-c2[nH]ncc2-n2ccnc2-c2cnc(N3CCOCC3)s2)cc1. The summed E-state index contributed by atoms with van der Waals surface area (Å²) in [6.45, 7) is 3.25. The number of aromatic nitrogens is 5. The summed E-state index contributed by atoms with van der Waals surface area (Å²) in [5.74, 6) is 0.866. The fourth-order valence-electron chi connectivity index (χ4n) is 3.23. The van der Waals surface area contributed by atoms with Gasteiger partial charge in [-0.2, -0.15) is 5.10 Å². The van der Waals surface area contributed by atoms with E-state index < -0.39 is 0 Å². The second kappa shape index (κ2) is 6.98. The molecule has 27 heavy (non-hydrogen) atoms. The van der Waals surface area contributed by atoms with Crippen LogP contribution in [0.15, 0.2) is 55.1 Å². The number of rotatable bonds is 4. The number of nitrogens with zero attached hydrogens (tertiary/aromatic N) is 5. The third-order valence-corrected chi connectivity index (χ3v) is 5.63. The third kappa shape index (κ3) is 3.02. The van der Waals surface area contributed by atoms with Gasteiger partial charge in [0.2, 0.25) is 0 Å². The van der Waals surface area contributed by atoms with Crippen LogP contribution < -0.4 is 4.90 Å².